The fourth-order valence-corrected chi connectivity index (χ4v) is 3.33. The average Bonchev–Trinajstić information content (AvgIpc) is 3.33. The van der Waals surface area contributed by atoms with E-state index < -0.39 is 5.41 Å². The first-order valence-electron chi connectivity index (χ1n) is 8.27. The molecule has 1 N–H and O–H groups in total. The Morgan fingerprint density at radius 3 is 2.12 bits per heavy atom. The van der Waals surface area contributed by atoms with Crippen molar-refractivity contribution in [3.63, 3.8) is 0 Å². The van der Waals surface area contributed by atoms with Gasteiger partial charge in [-0.2, -0.15) is 0 Å². The Morgan fingerprint density at radius 1 is 1.08 bits per heavy atom. The fourth-order valence-electron chi connectivity index (χ4n) is 3.33. The number of amides is 3. The van der Waals surface area contributed by atoms with Crippen LogP contribution in [0.1, 0.15) is 34.7 Å². The van der Waals surface area contributed by atoms with Gasteiger partial charge < -0.3 is 19.5 Å². The van der Waals surface area contributed by atoms with Crippen molar-refractivity contribution in [2.75, 3.05) is 33.2 Å². The second-order valence-electron chi connectivity index (χ2n) is 6.57. The van der Waals surface area contributed by atoms with Gasteiger partial charge in [-0.25, -0.2) is 0 Å². The molecule has 130 valence electrons. The summed E-state index contributed by atoms with van der Waals surface area (Å²) < 4.78 is 5.42. The number of hydrogen-bond donors (Lipinski definition) is 1. The van der Waals surface area contributed by atoms with Crippen molar-refractivity contribution >= 4 is 17.7 Å². The van der Waals surface area contributed by atoms with Crippen LogP contribution < -0.4 is 5.32 Å². The molecule has 3 rings (SSSR count). The number of rotatable bonds is 3. The van der Waals surface area contributed by atoms with Crippen molar-refractivity contribution in [3.05, 3.63) is 23.2 Å². The van der Waals surface area contributed by atoms with Crippen LogP contribution in [0.3, 0.4) is 0 Å². The maximum absolute atomic E-state index is 12.6. The van der Waals surface area contributed by atoms with Crippen LogP contribution in [0, 0.1) is 19.3 Å². The number of carbonyl (C=O) groups is 3. The quantitative estimate of drug-likeness (QED) is 0.826. The number of aryl methyl sites for hydroxylation is 2. The van der Waals surface area contributed by atoms with E-state index in [1.165, 1.54) is 0 Å². The van der Waals surface area contributed by atoms with E-state index in [1.54, 1.807) is 29.8 Å². The number of nitrogens with zero attached hydrogens (tertiary/aromatic N) is 2. The van der Waals surface area contributed by atoms with Crippen molar-refractivity contribution in [1.82, 2.24) is 15.1 Å². The Labute approximate surface area is 141 Å². The van der Waals surface area contributed by atoms with Crippen molar-refractivity contribution in [2.45, 2.75) is 26.7 Å². The molecule has 2 heterocycles. The lowest BCUT2D eigenvalue weighted by Gasteiger charge is -2.36. The first-order valence-corrected chi connectivity index (χ1v) is 8.27. The maximum atomic E-state index is 12.6. The molecule has 0 aromatic carbocycles. The van der Waals surface area contributed by atoms with Crippen LogP contribution >= 0.6 is 0 Å². The Balaban J connectivity index is 1.62. The summed E-state index contributed by atoms with van der Waals surface area (Å²) in [6.07, 6.45) is 1.22. The topological polar surface area (TPSA) is 82.9 Å². The minimum atomic E-state index is -0.862. The van der Waals surface area contributed by atoms with E-state index in [0.29, 0.717) is 56.1 Å². The standard InChI is InChI=1S/C17H23N3O4/c1-11-10-13(12(2)24-11)14(21)19-6-8-20(9-7-19)16(23)17(4-5-17)15(22)18-3/h10H,4-9H2,1-3H3,(H,18,22). The van der Waals surface area contributed by atoms with Crippen LogP contribution in [0.5, 0.6) is 0 Å². The molecule has 1 aromatic rings. The summed E-state index contributed by atoms with van der Waals surface area (Å²) in [6, 6.07) is 1.75. The average molecular weight is 333 g/mol. The number of carbonyl (C=O) groups excluding carboxylic acids is 3. The molecule has 0 unspecified atom stereocenters. The summed E-state index contributed by atoms with van der Waals surface area (Å²) in [5.41, 5.74) is -0.282. The van der Waals surface area contributed by atoms with E-state index in [2.05, 4.69) is 5.32 Å². The largest absolute Gasteiger partial charge is 0.466 e. The van der Waals surface area contributed by atoms with Crippen LogP contribution in [0.15, 0.2) is 10.5 Å². The van der Waals surface area contributed by atoms with Crippen molar-refractivity contribution in [1.29, 1.82) is 0 Å². The lowest BCUT2D eigenvalue weighted by atomic mass is 10.0. The summed E-state index contributed by atoms with van der Waals surface area (Å²) in [6.45, 7) is 5.45. The highest BCUT2D eigenvalue weighted by Gasteiger charge is 2.57. The summed E-state index contributed by atoms with van der Waals surface area (Å²) in [4.78, 5) is 40.6. The summed E-state index contributed by atoms with van der Waals surface area (Å²) >= 11 is 0. The third-order valence-corrected chi connectivity index (χ3v) is 4.95. The van der Waals surface area contributed by atoms with Gasteiger partial charge in [0, 0.05) is 33.2 Å². The van der Waals surface area contributed by atoms with E-state index in [1.807, 2.05) is 6.92 Å². The summed E-state index contributed by atoms with van der Waals surface area (Å²) in [5, 5.41) is 2.58. The van der Waals surface area contributed by atoms with Crippen LogP contribution in [-0.4, -0.2) is 60.7 Å². The van der Waals surface area contributed by atoms with Crippen molar-refractivity contribution < 1.29 is 18.8 Å². The van der Waals surface area contributed by atoms with Gasteiger partial charge in [0.2, 0.25) is 11.8 Å². The van der Waals surface area contributed by atoms with Gasteiger partial charge in [-0.05, 0) is 32.8 Å². The zero-order valence-electron chi connectivity index (χ0n) is 14.3. The molecule has 1 aliphatic heterocycles. The molecule has 7 nitrogen and oxygen atoms in total. The van der Waals surface area contributed by atoms with Gasteiger partial charge in [-0.15, -0.1) is 0 Å². The maximum Gasteiger partial charge on any atom is 0.257 e. The smallest absolute Gasteiger partial charge is 0.257 e. The van der Waals surface area contributed by atoms with Gasteiger partial charge in [0.25, 0.3) is 5.91 Å². The Hall–Kier alpha value is -2.31. The monoisotopic (exact) mass is 333 g/mol. The van der Waals surface area contributed by atoms with Crippen LogP contribution in [0.4, 0.5) is 0 Å². The predicted molar refractivity (Wildman–Crippen MR) is 86.4 cm³/mol. The molecular weight excluding hydrogens is 310 g/mol. The Bertz CT molecular complexity index is 682. The predicted octanol–water partition coefficient (Wildman–Crippen LogP) is 0.707. The van der Waals surface area contributed by atoms with E-state index in [0.717, 1.165) is 0 Å². The molecular formula is C17H23N3O4. The molecule has 1 saturated carbocycles. The molecule has 0 spiro atoms. The first-order chi connectivity index (χ1) is 11.4. The highest BCUT2D eigenvalue weighted by atomic mass is 16.3. The van der Waals surface area contributed by atoms with Gasteiger partial charge in [-0.1, -0.05) is 0 Å². The fraction of sp³-hybridized carbons (Fsp3) is 0.588. The molecule has 2 aliphatic rings. The van der Waals surface area contributed by atoms with Crippen molar-refractivity contribution in [3.8, 4) is 0 Å². The molecule has 24 heavy (non-hydrogen) atoms. The Morgan fingerprint density at radius 2 is 1.67 bits per heavy atom. The van der Waals surface area contributed by atoms with E-state index in [-0.39, 0.29) is 17.7 Å². The lowest BCUT2D eigenvalue weighted by molar-refractivity contribution is -0.145. The first kappa shape index (κ1) is 16.5. The number of hydrogen-bond acceptors (Lipinski definition) is 4. The molecule has 0 atom stereocenters. The van der Waals surface area contributed by atoms with Gasteiger partial charge in [-0.3, -0.25) is 14.4 Å². The zero-order chi connectivity index (χ0) is 17.5. The van der Waals surface area contributed by atoms with Crippen LogP contribution in [-0.2, 0) is 9.59 Å². The normalized spacial score (nSPS) is 19.1. The van der Waals surface area contributed by atoms with Crippen LogP contribution in [0.2, 0.25) is 0 Å². The molecule has 3 amide bonds. The van der Waals surface area contributed by atoms with Crippen LogP contribution in [0.25, 0.3) is 0 Å². The minimum absolute atomic E-state index is 0.0658. The van der Waals surface area contributed by atoms with Gasteiger partial charge >= 0.3 is 0 Å². The van der Waals surface area contributed by atoms with Gasteiger partial charge in [0.05, 0.1) is 5.56 Å². The third kappa shape index (κ3) is 2.68. The lowest BCUT2D eigenvalue weighted by Crippen LogP contribution is -2.54. The Kier molecular flexibility index (Phi) is 4.11. The molecule has 0 bridgehead atoms. The van der Waals surface area contributed by atoms with Gasteiger partial charge in [0.15, 0.2) is 0 Å². The second-order valence-corrected chi connectivity index (χ2v) is 6.57. The second kappa shape index (κ2) is 5.96. The van der Waals surface area contributed by atoms with Crippen molar-refractivity contribution in [2.24, 2.45) is 5.41 Å². The molecule has 1 aliphatic carbocycles. The minimum Gasteiger partial charge on any atom is -0.466 e. The summed E-state index contributed by atoms with van der Waals surface area (Å²) in [5.74, 6) is 0.960. The summed E-state index contributed by atoms with van der Waals surface area (Å²) in [7, 11) is 1.56. The number of nitrogens with one attached hydrogen (secondary N) is 1. The molecule has 7 heteroatoms. The molecule has 0 radical (unpaired) electrons. The molecule has 1 aromatic heterocycles. The van der Waals surface area contributed by atoms with Gasteiger partial charge in [0.1, 0.15) is 16.9 Å². The highest BCUT2D eigenvalue weighted by molar-refractivity contribution is 6.07. The highest BCUT2D eigenvalue weighted by Crippen LogP contribution is 2.47. The molecule has 2 fully saturated rings. The number of piperazine rings is 1. The van der Waals surface area contributed by atoms with E-state index in [9.17, 15) is 14.4 Å². The SMILES string of the molecule is CNC(=O)C1(C(=O)N2CCN(C(=O)c3cc(C)oc3C)CC2)CC1. The third-order valence-electron chi connectivity index (χ3n) is 4.95. The van der Waals surface area contributed by atoms with E-state index >= 15 is 0 Å². The zero-order valence-corrected chi connectivity index (χ0v) is 14.3. The number of furan rings is 1. The van der Waals surface area contributed by atoms with E-state index in [4.69, 9.17) is 4.42 Å². The molecule has 1 saturated heterocycles.